The molecule has 1 aromatic carbocycles. The van der Waals surface area contributed by atoms with Gasteiger partial charge in [-0.2, -0.15) is 0 Å². The number of benzene rings is 1. The smallest absolute Gasteiger partial charge is 0.327 e. The number of hydrogen-bond acceptors (Lipinski definition) is 5. The fourth-order valence-corrected chi connectivity index (χ4v) is 2.76. The van der Waals surface area contributed by atoms with Crippen LogP contribution in [0.1, 0.15) is 17.2 Å². The second kappa shape index (κ2) is 4.90. The molecule has 9 nitrogen and oxygen atoms in total. The summed E-state index contributed by atoms with van der Waals surface area (Å²) in [5.41, 5.74) is -0.0698. The first-order valence-electron chi connectivity index (χ1n) is 6.93. The van der Waals surface area contributed by atoms with E-state index in [-0.39, 0.29) is 18.2 Å². The van der Waals surface area contributed by atoms with Crippen LogP contribution >= 0.6 is 0 Å². The maximum Gasteiger partial charge on any atom is 0.327 e. The highest BCUT2D eigenvalue weighted by Crippen LogP contribution is 2.34. The summed E-state index contributed by atoms with van der Waals surface area (Å²) in [4.78, 5) is 39.7. The van der Waals surface area contributed by atoms with Crippen molar-refractivity contribution >= 4 is 11.8 Å². The van der Waals surface area contributed by atoms with Crippen LogP contribution in [0.4, 0.5) is 10.6 Å². The highest BCUT2D eigenvalue weighted by atomic mass is 16.7. The minimum atomic E-state index is -0.669. The van der Waals surface area contributed by atoms with Crippen molar-refractivity contribution in [3.8, 4) is 11.5 Å². The monoisotopic (exact) mass is 316 g/mol. The van der Waals surface area contributed by atoms with Crippen molar-refractivity contribution in [1.29, 1.82) is 0 Å². The van der Waals surface area contributed by atoms with Crippen molar-refractivity contribution in [2.24, 2.45) is 0 Å². The average molecular weight is 316 g/mol. The van der Waals surface area contributed by atoms with E-state index in [1.807, 2.05) is 6.07 Å². The fourth-order valence-electron chi connectivity index (χ4n) is 2.76. The summed E-state index contributed by atoms with van der Waals surface area (Å²) in [6.45, 7) is 0.173. The van der Waals surface area contributed by atoms with Gasteiger partial charge in [-0.05, 0) is 24.1 Å². The van der Waals surface area contributed by atoms with Crippen molar-refractivity contribution < 1.29 is 14.3 Å². The van der Waals surface area contributed by atoms with E-state index < -0.39 is 23.3 Å². The van der Waals surface area contributed by atoms with Gasteiger partial charge in [0, 0.05) is 0 Å². The van der Waals surface area contributed by atoms with Crippen LogP contribution in [0, 0.1) is 0 Å². The van der Waals surface area contributed by atoms with Crippen molar-refractivity contribution in [2.45, 2.75) is 12.5 Å². The van der Waals surface area contributed by atoms with Gasteiger partial charge in [-0.15, -0.1) is 0 Å². The number of anilines is 1. The maximum atomic E-state index is 12.1. The molecule has 2 amide bonds. The third-order valence-electron chi connectivity index (χ3n) is 3.75. The molecule has 0 saturated heterocycles. The minimum absolute atomic E-state index is 0.119. The number of hydrogen-bond donors (Lipinski definition) is 4. The Balaban J connectivity index is 1.72. The van der Waals surface area contributed by atoms with Gasteiger partial charge in [-0.3, -0.25) is 20.1 Å². The molecule has 0 fully saturated rings. The first-order valence-corrected chi connectivity index (χ1v) is 6.93. The van der Waals surface area contributed by atoms with Crippen LogP contribution in [0.15, 0.2) is 27.8 Å². The SMILES string of the molecule is O=C1Nc2[nH]c(=O)[nH]c(=O)c2C(Cc2ccc3c(c2)OCO3)N1. The van der Waals surface area contributed by atoms with Gasteiger partial charge in [0.2, 0.25) is 6.79 Å². The topological polar surface area (TPSA) is 125 Å². The summed E-state index contributed by atoms with van der Waals surface area (Å²) in [5.74, 6) is 1.40. The lowest BCUT2D eigenvalue weighted by Crippen LogP contribution is -2.44. The standard InChI is InChI=1S/C14H12N4O5/c19-12-10-7(15-13(20)16-11(10)17-14(21)18-12)3-6-1-2-8-9(4-6)23-5-22-8/h1-2,4,7H,3,5H2,(H4,15,16,17,18,19,20,21). The van der Waals surface area contributed by atoms with E-state index in [0.717, 1.165) is 5.56 Å². The van der Waals surface area contributed by atoms with Crippen LogP contribution in [0.3, 0.4) is 0 Å². The van der Waals surface area contributed by atoms with Gasteiger partial charge >= 0.3 is 11.7 Å². The number of aromatic amines is 2. The van der Waals surface area contributed by atoms with Gasteiger partial charge in [0.1, 0.15) is 5.82 Å². The van der Waals surface area contributed by atoms with Gasteiger partial charge in [0.05, 0.1) is 11.6 Å². The first kappa shape index (κ1) is 13.4. The molecule has 1 aromatic heterocycles. The maximum absolute atomic E-state index is 12.1. The molecule has 0 aliphatic carbocycles. The number of carbonyl (C=O) groups is 1. The lowest BCUT2D eigenvalue weighted by atomic mass is 9.98. The molecule has 0 bridgehead atoms. The van der Waals surface area contributed by atoms with Crippen molar-refractivity contribution in [2.75, 3.05) is 12.1 Å². The molecule has 2 aliphatic heterocycles. The van der Waals surface area contributed by atoms with E-state index in [2.05, 4.69) is 20.6 Å². The highest BCUT2D eigenvalue weighted by Gasteiger charge is 2.28. The van der Waals surface area contributed by atoms with Crippen molar-refractivity contribution in [3.05, 3.63) is 50.2 Å². The Morgan fingerprint density at radius 1 is 1.09 bits per heavy atom. The molecule has 0 saturated carbocycles. The fraction of sp³-hybridized carbons (Fsp3) is 0.214. The predicted octanol–water partition coefficient (Wildman–Crippen LogP) is 0.211. The number of amides is 2. The summed E-state index contributed by atoms with van der Waals surface area (Å²) in [7, 11) is 0. The number of nitrogens with one attached hydrogen (secondary N) is 4. The lowest BCUT2D eigenvalue weighted by Gasteiger charge is -2.25. The number of ether oxygens (including phenoxy) is 2. The largest absolute Gasteiger partial charge is 0.454 e. The van der Waals surface area contributed by atoms with Gasteiger partial charge < -0.3 is 14.8 Å². The Morgan fingerprint density at radius 2 is 1.91 bits per heavy atom. The van der Waals surface area contributed by atoms with Gasteiger partial charge in [-0.1, -0.05) is 6.07 Å². The Bertz CT molecular complexity index is 916. The number of aromatic nitrogens is 2. The summed E-state index contributed by atoms with van der Waals surface area (Å²) in [6.07, 6.45) is 0.367. The zero-order chi connectivity index (χ0) is 16.0. The zero-order valence-corrected chi connectivity index (χ0v) is 11.8. The van der Waals surface area contributed by atoms with Gasteiger partial charge in [-0.25, -0.2) is 9.59 Å². The summed E-state index contributed by atoms with van der Waals surface area (Å²) < 4.78 is 10.6. The molecule has 1 unspecified atom stereocenters. The van der Waals surface area contributed by atoms with E-state index in [1.54, 1.807) is 12.1 Å². The number of fused-ring (bicyclic) bond motifs is 2. The molecular weight excluding hydrogens is 304 g/mol. The van der Waals surface area contributed by atoms with Crippen molar-refractivity contribution in [1.82, 2.24) is 15.3 Å². The lowest BCUT2D eigenvalue weighted by molar-refractivity contribution is 0.174. The summed E-state index contributed by atoms with van der Waals surface area (Å²) in [6, 6.07) is 4.36. The molecule has 4 N–H and O–H groups in total. The summed E-state index contributed by atoms with van der Waals surface area (Å²) in [5, 5.41) is 5.11. The second-order valence-electron chi connectivity index (χ2n) is 5.24. The third kappa shape index (κ3) is 2.31. The molecule has 23 heavy (non-hydrogen) atoms. The Labute approximate surface area is 128 Å². The van der Waals surface area contributed by atoms with Crippen LogP contribution in [-0.4, -0.2) is 22.8 Å². The molecule has 3 heterocycles. The normalized spacial score (nSPS) is 18.1. The molecule has 118 valence electrons. The predicted molar refractivity (Wildman–Crippen MR) is 78.8 cm³/mol. The minimum Gasteiger partial charge on any atom is -0.454 e. The first-order chi connectivity index (χ1) is 11.1. The van der Waals surface area contributed by atoms with E-state index in [0.29, 0.717) is 17.9 Å². The van der Waals surface area contributed by atoms with Crippen LogP contribution in [0.25, 0.3) is 0 Å². The number of urea groups is 1. The molecule has 0 spiro atoms. The molecule has 9 heteroatoms. The molecule has 4 rings (SSSR count). The van der Waals surface area contributed by atoms with Crippen molar-refractivity contribution in [3.63, 3.8) is 0 Å². The Morgan fingerprint density at radius 3 is 2.78 bits per heavy atom. The molecule has 1 atom stereocenters. The number of carbonyl (C=O) groups excluding carboxylic acids is 1. The third-order valence-corrected chi connectivity index (χ3v) is 3.75. The molecular formula is C14H12N4O5. The van der Waals surface area contributed by atoms with E-state index in [4.69, 9.17) is 9.47 Å². The van der Waals surface area contributed by atoms with Crippen LogP contribution in [0.2, 0.25) is 0 Å². The quantitative estimate of drug-likeness (QED) is 0.630. The Hall–Kier alpha value is -3.23. The van der Waals surface area contributed by atoms with Gasteiger partial charge in [0.15, 0.2) is 11.5 Å². The molecule has 2 aromatic rings. The van der Waals surface area contributed by atoms with Crippen LogP contribution in [0.5, 0.6) is 11.5 Å². The molecule has 2 aliphatic rings. The zero-order valence-electron chi connectivity index (χ0n) is 11.8. The van der Waals surface area contributed by atoms with E-state index in [9.17, 15) is 14.4 Å². The van der Waals surface area contributed by atoms with E-state index in [1.165, 1.54) is 0 Å². The average Bonchev–Trinajstić information content (AvgIpc) is 2.93. The number of H-pyrrole nitrogens is 2. The molecule has 0 radical (unpaired) electrons. The second-order valence-corrected chi connectivity index (χ2v) is 5.24. The highest BCUT2D eigenvalue weighted by molar-refractivity contribution is 5.91. The number of rotatable bonds is 2. The summed E-state index contributed by atoms with van der Waals surface area (Å²) >= 11 is 0. The van der Waals surface area contributed by atoms with Gasteiger partial charge in [0.25, 0.3) is 5.56 Å². The Kier molecular flexibility index (Phi) is 2.86. The van der Waals surface area contributed by atoms with Crippen LogP contribution in [-0.2, 0) is 6.42 Å². The van der Waals surface area contributed by atoms with E-state index >= 15 is 0 Å². The van der Waals surface area contributed by atoms with Crippen LogP contribution < -0.4 is 31.4 Å².